The Morgan fingerprint density at radius 3 is 2.75 bits per heavy atom. The van der Waals surface area contributed by atoms with Gasteiger partial charge in [0.05, 0.1) is 12.1 Å². The number of aryl methyl sites for hydroxylation is 1. The fourth-order valence-corrected chi connectivity index (χ4v) is 2.85. The molecule has 0 saturated heterocycles. The highest BCUT2D eigenvalue weighted by atomic mass is 35.5. The Bertz CT molecular complexity index is 874. The van der Waals surface area contributed by atoms with Crippen molar-refractivity contribution in [1.82, 2.24) is 10.1 Å². The lowest BCUT2D eigenvalue weighted by Crippen LogP contribution is -2.29. The van der Waals surface area contributed by atoms with E-state index in [4.69, 9.17) is 20.9 Å². The molecule has 0 aliphatic rings. The molecule has 0 saturated carbocycles. The molecule has 3 aromatic rings. The van der Waals surface area contributed by atoms with Crippen molar-refractivity contribution in [1.29, 1.82) is 0 Å². The summed E-state index contributed by atoms with van der Waals surface area (Å²) < 4.78 is 10.8. The average molecular weight is 346 g/mol. The van der Waals surface area contributed by atoms with Gasteiger partial charge in [0.2, 0.25) is 0 Å². The third-order valence-corrected chi connectivity index (χ3v) is 4.32. The molecule has 2 aromatic heterocycles. The zero-order valence-electron chi connectivity index (χ0n) is 14.2. The van der Waals surface area contributed by atoms with Crippen LogP contribution in [0.5, 0.6) is 5.75 Å². The molecular formula is C18H20ClN3O2. The second kappa shape index (κ2) is 6.32. The standard InChI is InChI=1S/C18H20ClN3O2/c1-11-6-5-7-14(21-11)18(2,3)10-20-17-15-13(24-22-17)9-8-12(19)16(15)23-4/h5-9H,10H2,1-4H3,(H,20,22). The van der Waals surface area contributed by atoms with Gasteiger partial charge < -0.3 is 14.6 Å². The van der Waals surface area contributed by atoms with Crippen LogP contribution in [0, 0.1) is 6.92 Å². The molecule has 0 aliphatic heterocycles. The van der Waals surface area contributed by atoms with Crippen LogP contribution in [-0.4, -0.2) is 23.8 Å². The predicted octanol–water partition coefficient (Wildman–Crippen LogP) is 4.58. The first-order valence-corrected chi connectivity index (χ1v) is 8.10. The largest absolute Gasteiger partial charge is 0.494 e. The number of benzene rings is 1. The minimum absolute atomic E-state index is 0.177. The predicted molar refractivity (Wildman–Crippen MR) is 96.1 cm³/mol. The number of methoxy groups -OCH3 is 1. The second-order valence-corrected chi connectivity index (χ2v) is 6.79. The van der Waals surface area contributed by atoms with Gasteiger partial charge in [0.25, 0.3) is 0 Å². The van der Waals surface area contributed by atoms with Crippen molar-refractivity contribution in [2.24, 2.45) is 0 Å². The van der Waals surface area contributed by atoms with Crippen molar-refractivity contribution in [3.8, 4) is 5.75 Å². The van der Waals surface area contributed by atoms with Gasteiger partial charge in [0.15, 0.2) is 17.2 Å². The molecule has 0 aliphatic carbocycles. The zero-order chi connectivity index (χ0) is 17.3. The Morgan fingerprint density at radius 2 is 2.04 bits per heavy atom. The van der Waals surface area contributed by atoms with Crippen molar-refractivity contribution in [2.45, 2.75) is 26.2 Å². The van der Waals surface area contributed by atoms with Crippen molar-refractivity contribution in [3.63, 3.8) is 0 Å². The first-order chi connectivity index (χ1) is 11.4. The molecule has 0 unspecified atom stereocenters. The van der Waals surface area contributed by atoms with Crippen LogP contribution in [0.1, 0.15) is 25.2 Å². The molecule has 0 radical (unpaired) electrons. The minimum atomic E-state index is -0.177. The number of nitrogens with one attached hydrogen (secondary N) is 1. The Hall–Kier alpha value is -2.27. The van der Waals surface area contributed by atoms with E-state index >= 15 is 0 Å². The molecular weight excluding hydrogens is 326 g/mol. The van der Waals surface area contributed by atoms with E-state index in [-0.39, 0.29) is 5.41 Å². The molecule has 0 spiro atoms. The summed E-state index contributed by atoms with van der Waals surface area (Å²) in [5.41, 5.74) is 2.47. The molecule has 24 heavy (non-hydrogen) atoms. The summed E-state index contributed by atoms with van der Waals surface area (Å²) in [6.07, 6.45) is 0. The van der Waals surface area contributed by atoms with Gasteiger partial charge in [-0.05, 0) is 31.2 Å². The number of fused-ring (bicyclic) bond motifs is 1. The molecule has 0 amide bonds. The van der Waals surface area contributed by atoms with Crippen LogP contribution in [0.15, 0.2) is 34.9 Å². The fraction of sp³-hybridized carbons (Fsp3) is 0.333. The van der Waals surface area contributed by atoms with Gasteiger partial charge >= 0.3 is 0 Å². The molecule has 1 N–H and O–H groups in total. The molecule has 1 aromatic carbocycles. The lowest BCUT2D eigenvalue weighted by atomic mass is 9.88. The summed E-state index contributed by atoms with van der Waals surface area (Å²) >= 11 is 6.20. The van der Waals surface area contributed by atoms with E-state index in [1.807, 2.05) is 25.1 Å². The Morgan fingerprint density at radius 1 is 1.25 bits per heavy atom. The smallest absolute Gasteiger partial charge is 0.181 e. The lowest BCUT2D eigenvalue weighted by Gasteiger charge is -2.24. The Kier molecular flexibility index (Phi) is 4.37. The second-order valence-electron chi connectivity index (χ2n) is 6.39. The van der Waals surface area contributed by atoms with Gasteiger partial charge in [-0.15, -0.1) is 0 Å². The number of anilines is 1. The van der Waals surface area contributed by atoms with Crippen LogP contribution >= 0.6 is 11.6 Å². The number of rotatable bonds is 5. The van der Waals surface area contributed by atoms with Gasteiger partial charge in [-0.2, -0.15) is 0 Å². The lowest BCUT2D eigenvalue weighted by molar-refractivity contribution is 0.419. The molecule has 0 atom stereocenters. The van der Waals surface area contributed by atoms with Crippen molar-refractivity contribution in [3.05, 3.63) is 46.7 Å². The van der Waals surface area contributed by atoms with Crippen LogP contribution < -0.4 is 10.1 Å². The van der Waals surface area contributed by atoms with Gasteiger partial charge in [0.1, 0.15) is 5.39 Å². The van der Waals surface area contributed by atoms with E-state index in [2.05, 4.69) is 29.3 Å². The maximum atomic E-state index is 6.20. The molecule has 3 rings (SSSR count). The normalized spacial score (nSPS) is 11.7. The minimum Gasteiger partial charge on any atom is -0.494 e. The third-order valence-electron chi connectivity index (χ3n) is 4.03. The number of pyridine rings is 1. The number of hydrogen-bond donors (Lipinski definition) is 1. The van der Waals surface area contributed by atoms with Crippen LogP contribution in [0.3, 0.4) is 0 Å². The summed E-state index contributed by atoms with van der Waals surface area (Å²) in [5.74, 6) is 1.18. The summed E-state index contributed by atoms with van der Waals surface area (Å²) in [5, 5.41) is 8.73. The molecule has 0 fully saturated rings. The quantitative estimate of drug-likeness (QED) is 0.733. The van der Waals surface area contributed by atoms with Crippen LogP contribution in [0.2, 0.25) is 5.02 Å². The monoisotopic (exact) mass is 345 g/mol. The van der Waals surface area contributed by atoms with E-state index in [1.54, 1.807) is 19.2 Å². The summed E-state index contributed by atoms with van der Waals surface area (Å²) in [6, 6.07) is 9.57. The SMILES string of the molecule is COc1c(Cl)ccc2onc(NCC(C)(C)c3cccc(C)n3)c12. The van der Waals surface area contributed by atoms with Gasteiger partial charge in [-0.25, -0.2) is 0 Å². The fourth-order valence-electron chi connectivity index (χ4n) is 2.62. The molecule has 5 nitrogen and oxygen atoms in total. The van der Waals surface area contributed by atoms with Crippen LogP contribution in [0.25, 0.3) is 11.0 Å². The van der Waals surface area contributed by atoms with E-state index in [9.17, 15) is 0 Å². The van der Waals surface area contributed by atoms with Gasteiger partial charge in [0, 0.05) is 23.3 Å². The topological polar surface area (TPSA) is 60.2 Å². The highest BCUT2D eigenvalue weighted by Crippen LogP contribution is 2.38. The first kappa shape index (κ1) is 16.6. The number of halogens is 1. The Labute approximate surface area is 146 Å². The van der Waals surface area contributed by atoms with Gasteiger partial charge in [-0.1, -0.05) is 36.7 Å². The number of aromatic nitrogens is 2. The van der Waals surface area contributed by atoms with Crippen molar-refractivity contribution < 1.29 is 9.26 Å². The van der Waals surface area contributed by atoms with E-state index in [1.165, 1.54) is 0 Å². The maximum Gasteiger partial charge on any atom is 0.181 e. The zero-order valence-corrected chi connectivity index (χ0v) is 14.9. The highest BCUT2D eigenvalue weighted by molar-refractivity contribution is 6.33. The summed E-state index contributed by atoms with van der Waals surface area (Å²) in [6.45, 7) is 6.90. The summed E-state index contributed by atoms with van der Waals surface area (Å²) in [7, 11) is 1.58. The highest BCUT2D eigenvalue weighted by Gasteiger charge is 2.24. The Balaban J connectivity index is 1.89. The van der Waals surface area contributed by atoms with E-state index < -0.39 is 0 Å². The van der Waals surface area contributed by atoms with Crippen LogP contribution in [-0.2, 0) is 5.41 Å². The number of ether oxygens (including phenoxy) is 1. The molecule has 0 bridgehead atoms. The third kappa shape index (κ3) is 3.04. The van der Waals surface area contributed by atoms with Crippen molar-refractivity contribution in [2.75, 3.05) is 19.0 Å². The molecule has 2 heterocycles. The van der Waals surface area contributed by atoms with E-state index in [0.717, 1.165) is 16.8 Å². The maximum absolute atomic E-state index is 6.20. The van der Waals surface area contributed by atoms with Gasteiger partial charge in [-0.3, -0.25) is 4.98 Å². The van der Waals surface area contributed by atoms with E-state index in [0.29, 0.717) is 28.7 Å². The first-order valence-electron chi connectivity index (χ1n) is 7.72. The average Bonchev–Trinajstić information content (AvgIpc) is 2.96. The van der Waals surface area contributed by atoms with Crippen molar-refractivity contribution >= 4 is 28.4 Å². The molecule has 126 valence electrons. The molecule has 6 heteroatoms. The number of nitrogens with zero attached hydrogens (tertiary/aromatic N) is 2. The summed E-state index contributed by atoms with van der Waals surface area (Å²) in [4.78, 5) is 4.63. The van der Waals surface area contributed by atoms with Crippen LogP contribution in [0.4, 0.5) is 5.82 Å². The number of hydrogen-bond acceptors (Lipinski definition) is 5.